The molecule has 33 heavy (non-hydrogen) atoms. The highest BCUT2D eigenvalue weighted by Gasteiger charge is 2.32. The monoisotopic (exact) mass is 474 g/mol. The Kier molecular flexibility index (Phi) is 7.43. The van der Waals surface area contributed by atoms with Crippen LogP contribution in [-0.2, 0) is 21.4 Å². The minimum absolute atomic E-state index is 0.0859. The maximum absolute atomic E-state index is 13.1. The van der Waals surface area contributed by atoms with Crippen LogP contribution in [0.5, 0.6) is 11.5 Å². The van der Waals surface area contributed by atoms with Gasteiger partial charge in [0.1, 0.15) is 17.5 Å². The number of hydrogen-bond acceptors (Lipinski definition) is 7. The van der Waals surface area contributed by atoms with E-state index in [4.69, 9.17) is 9.94 Å². The predicted molar refractivity (Wildman–Crippen MR) is 118 cm³/mol. The molecule has 0 spiro atoms. The van der Waals surface area contributed by atoms with Crippen LogP contribution in [0.25, 0.3) is 0 Å². The van der Waals surface area contributed by atoms with E-state index in [9.17, 15) is 22.8 Å². The Labute approximate surface area is 188 Å². The Morgan fingerprint density at radius 2 is 1.73 bits per heavy atom. The molecule has 1 heterocycles. The minimum Gasteiger partial charge on any atom is -0.457 e. The van der Waals surface area contributed by atoms with Crippen molar-refractivity contribution in [2.45, 2.75) is 23.9 Å². The van der Waals surface area contributed by atoms with Gasteiger partial charge < -0.3 is 9.30 Å². The maximum atomic E-state index is 13.1. The summed E-state index contributed by atoms with van der Waals surface area (Å²) in [5, 5.41) is 9.10. The number of aromatic amines is 1. The van der Waals surface area contributed by atoms with Crippen LogP contribution in [0.2, 0.25) is 0 Å². The number of carbonyl (C=O) groups is 1. The molecule has 0 radical (unpaired) electrons. The fourth-order valence-electron chi connectivity index (χ4n) is 3.07. The zero-order chi connectivity index (χ0) is 24.0. The van der Waals surface area contributed by atoms with Crippen molar-refractivity contribution in [2.24, 2.45) is 0 Å². The minimum atomic E-state index is -4.14. The van der Waals surface area contributed by atoms with Crippen LogP contribution in [-0.4, -0.2) is 46.5 Å². The second-order valence-electron chi connectivity index (χ2n) is 6.99. The Balaban J connectivity index is 1.79. The standard InChI is InChI=1S/C21H22N4O7S/c1-24(18(20(27)23-29)11-13-25-14-12-19(26)22-21(25)28)33(30,31)17-9-7-16(8-10-17)32-15-5-3-2-4-6-15/h2-10,12,14,18,29H,11,13H2,1H3,(H,23,27)(H,22,26,28). The van der Waals surface area contributed by atoms with Crippen molar-refractivity contribution in [2.75, 3.05) is 7.05 Å². The van der Waals surface area contributed by atoms with Gasteiger partial charge in [-0.1, -0.05) is 18.2 Å². The number of likely N-dealkylation sites (N-methyl/N-ethyl adjacent to an activating group) is 1. The van der Waals surface area contributed by atoms with E-state index in [2.05, 4.69) is 4.98 Å². The smallest absolute Gasteiger partial charge is 0.328 e. The summed E-state index contributed by atoms with van der Waals surface area (Å²) in [6.07, 6.45) is 1.08. The van der Waals surface area contributed by atoms with Crippen molar-refractivity contribution >= 4 is 15.9 Å². The van der Waals surface area contributed by atoms with Crippen molar-refractivity contribution < 1.29 is 23.2 Å². The Bertz CT molecular complexity index is 1320. The van der Waals surface area contributed by atoms with Crippen LogP contribution >= 0.6 is 0 Å². The molecule has 0 saturated heterocycles. The summed E-state index contributed by atoms with van der Waals surface area (Å²) in [7, 11) is -2.95. The zero-order valence-electron chi connectivity index (χ0n) is 17.5. The normalized spacial score (nSPS) is 12.3. The number of rotatable bonds is 9. The summed E-state index contributed by atoms with van der Waals surface area (Å²) in [4.78, 5) is 37.2. The molecule has 0 aliphatic rings. The van der Waals surface area contributed by atoms with Crippen LogP contribution in [0.1, 0.15) is 6.42 Å². The van der Waals surface area contributed by atoms with Gasteiger partial charge in [-0.15, -0.1) is 0 Å². The van der Waals surface area contributed by atoms with E-state index in [1.54, 1.807) is 24.3 Å². The van der Waals surface area contributed by atoms with Gasteiger partial charge in [0.05, 0.1) is 4.90 Å². The molecule has 11 nitrogen and oxygen atoms in total. The van der Waals surface area contributed by atoms with Gasteiger partial charge in [-0.3, -0.25) is 19.8 Å². The quantitative estimate of drug-likeness (QED) is 0.308. The first-order valence-corrected chi connectivity index (χ1v) is 11.2. The number of benzene rings is 2. The third-order valence-electron chi connectivity index (χ3n) is 4.87. The predicted octanol–water partition coefficient (Wildman–Crippen LogP) is 0.914. The summed E-state index contributed by atoms with van der Waals surface area (Å²) in [5.74, 6) is 0.0369. The van der Waals surface area contributed by atoms with Crippen LogP contribution < -0.4 is 21.5 Å². The van der Waals surface area contributed by atoms with E-state index in [0.29, 0.717) is 11.5 Å². The number of carbonyl (C=O) groups excluding carboxylic acids is 1. The molecule has 3 aromatic rings. The number of hydroxylamine groups is 1. The first-order chi connectivity index (χ1) is 15.7. The van der Waals surface area contributed by atoms with Gasteiger partial charge in [0.25, 0.3) is 11.5 Å². The second-order valence-corrected chi connectivity index (χ2v) is 8.99. The lowest BCUT2D eigenvalue weighted by Gasteiger charge is -2.26. The summed E-state index contributed by atoms with van der Waals surface area (Å²) >= 11 is 0. The average Bonchev–Trinajstić information content (AvgIpc) is 2.81. The SMILES string of the molecule is CN(C(CCn1ccc(=O)[nH]c1=O)C(=O)NO)S(=O)(=O)c1ccc(Oc2ccccc2)cc1. The van der Waals surface area contributed by atoms with Gasteiger partial charge in [0, 0.05) is 25.9 Å². The largest absolute Gasteiger partial charge is 0.457 e. The van der Waals surface area contributed by atoms with Gasteiger partial charge in [-0.2, -0.15) is 4.31 Å². The topological polar surface area (TPSA) is 151 Å². The summed E-state index contributed by atoms with van der Waals surface area (Å²) < 4.78 is 33.8. The number of sulfonamides is 1. The van der Waals surface area contributed by atoms with Crippen molar-refractivity contribution in [3.8, 4) is 11.5 Å². The maximum Gasteiger partial charge on any atom is 0.328 e. The van der Waals surface area contributed by atoms with E-state index < -0.39 is 33.2 Å². The molecule has 1 atom stereocenters. The Morgan fingerprint density at radius 3 is 2.33 bits per heavy atom. The van der Waals surface area contributed by atoms with E-state index in [-0.39, 0.29) is 17.9 Å². The molecule has 0 saturated carbocycles. The molecule has 0 fully saturated rings. The zero-order valence-corrected chi connectivity index (χ0v) is 18.4. The first-order valence-electron chi connectivity index (χ1n) is 9.77. The molecule has 174 valence electrons. The number of hydrogen-bond donors (Lipinski definition) is 3. The Hall–Kier alpha value is -3.74. The third kappa shape index (κ3) is 5.74. The van der Waals surface area contributed by atoms with Crippen molar-refractivity contribution in [3.05, 3.63) is 87.7 Å². The number of H-pyrrole nitrogens is 1. The van der Waals surface area contributed by atoms with Crippen LogP contribution in [0.15, 0.2) is 81.3 Å². The molecular formula is C21H22N4O7S. The lowest BCUT2D eigenvalue weighted by molar-refractivity contribution is -0.133. The van der Waals surface area contributed by atoms with E-state index in [1.807, 2.05) is 6.07 Å². The highest BCUT2D eigenvalue weighted by Crippen LogP contribution is 2.25. The number of nitrogens with zero attached hydrogens (tertiary/aromatic N) is 2. The molecular weight excluding hydrogens is 452 g/mol. The van der Waals surface area contributed by atoms with Crippen molar-refractivity contribution in [1.82, 2.24) is 19.3 Å². The van der Waals surface area contributed by atoms with Crippen molar-refractivity contribution in [3.63, 3.8) is 0 Å². The number of aromatic nitrogens is 2. The highest BCUT2D eigenvalue weighted by atomic mass is 32.2. The van der Waals surface area contributed by atoms with E-state index in [0.717, 1.165) is 14.9 Å². The number of ether oxygens (including phenoxy) is 1. The molecule has 12 heteroatoms. The second kappa shape index (κ2) is 10.3. The number of nitrogens with one attached hydrogen (secondary N) is 2. The summed E-state index contributed by atoms with van der Waals surface area (Å²) in [5.41, 5.74) is 0.169. The van der Waals surface area contributed by atoms with Crippen LogP contribution in [0.4, 0.5) is 0 Å². The molecule has 1 unspecified atom stereocenters. The van der Waals surface area contributed by atoms with Gasteiger partial charge in [0.2, 0.25) is 10.0 Å². The average molecular weight is 474 g/mol. The molecule has 2 aromatic carbocycles. The van der Waals surface area contributed by atoms with Crippen LogP contribution in [0, 0.1) is 0 Å². The molecule has 3 rings (SSSR count). The third-order valence-corrected chi connectivity index (χ3v) is 6.75. The molecule has 0 bridgehead atoms. The molecule has 1 aromatic heterocycles. The summed E-state index contributed by atoms with van der Waals surface area (Å²) in [6, 6.07) is 14.4. The molecule has 3 N–H and O–H groups in total. The van der Waals surface area contributed by atoms with Gasteiger partial charge in [-0.05, 0) is 42.8 Å². The van der Waals surface area contributed by atoms with Gasteiger partial charge >= 0.3 is 5.69 Å². The van der Waals surface area contributed by atoms with Gasteiger partial charge in [-0.25, -0.2) is 18.7 Å². The molecule has 0 aliphatic heterocycles. The summed E-state index contributed by atoms with van der Waals surface area (Å²) in [6.45, 7) is -0.0859. The highest BCUT2D eigenvalue weighted by molar-refractivity contribution is 7.89. The number of para-hydroxylation sites is 1. The van der Waals surface area contributed by atoms with Gasteiger partial charge in [0.15, 0.2) is 0 Å². The number of amides is 1. The lowest BCUT2D eigenvalue weighted by Crippen LogP contribution is -2.47. The fourth-order valence-corrected chi connectivity index (χ4v) is 4.42. The Morgan fingerprint density at radius 1 is 1.09 bits per heavy atom. The van der Waals surface area contributed by atoms with Crippen LogP contribution in [0.3, 0.4) is 0 Å². The van der Waals surface area contributed by atoms with E-state index in [1.165, 1.54) is 43.0 Å². The first kappa shape index (κ1) is 23.9. The number of aryl methyl sites for hydroxylation is 1. The fraction of sp³-hybridized carbons (Fsp3) is 0.190. The van der Waals surface area contributed by atoms with E-state index >= 15 is 0 Å². The molecule has 1 amide bonds. The molecule has 0 aliphatic carbocycles. The van der Waals surface area contributed by atoms with Crippen molar-refractivity contribution in [1.29, 1.82) is 0 Å². The lowest BCUT2D eigenvalue weighted by atomic mass is 10.2.